The fourth-order valence-corrected chi connectivity index (χ4v) is 3.17. The first kappa shape index (κ1) is 25.8. The first-order valence-electron chi connectivity index (χ1n) is 9.92. The Morgan fingerprint density at radius 1 is 0.692 bits per heavy atom. The van der Waals surface area contributed by atoms with Crippen molar-refractivity contribution in [3.8, 4) is 0 Å². The Kier molecular flexibility index (Phi) is 15.6. The van der Waals surface area contributed by atoms with Crippen molar-refractivity contribution < 1.29 is 31.4 Å². The molecule has 0 saturated heterocycles. The average Bonchev–Trinajstić information content (AvgIpc) is 2.55. The van der Waals surface area contributed by atoms with Gasteiger partial charge in [0.15, 0.2) is 0 Å². The van der Waals surface area contributed by atoms with Crippen LogP contribution in [0.4, 0.5) is 0 Å². The van der Waals surface area contributed by atoms with E-state index in [4.69, 9.17) is 18.8 Å². The fourth-order valence-electron chi connectivity index (χ4n) is 2.85. The van der Waals surface area contributed by atoms with Crippen LogP contribution in [0.3, 0.4) is 0 Å². The molecule has 0 aliphatic carbocycles. The Labute approximate surface area is 159 Å². The zero-order valence-electron chi connectivity index (χ0n) is 16.7. The third-order valence-electron chi connectivity index (χ3n) is 3.95. The van der Waals surface area contributed by atoms with Crippen LogP contribution >= 0.6 is 0 Å². The number of ether oxygens (including phenoxy) is 3. The van der Waals surface area contributed by atoms with Crippen LogP contribution in [0.5, 0.6) is 0 Å². The first-order valence-corrected chi connectivity index (χ1v) is 11.3. The second-order valence-electron chi connectivity index (χ2n) is 6.16. The van der Waals surface area contributed by atoms with Crippen LogP contribution in [0, 0.1) is 0 Å². The number of hydrogen-bond acceptors (Lipinski definition) is 6. The van der Waals surface area contributed by atoms with Gasteiger partial charge >= 0.3 is 10.4 Å². The minimum Gasteiger partial charge on any atom is -0.328 e. The molecule has 0 fully saturated rings. The highest BCUT2D eigenvalue weighted by Crippen LogP contribution is 2.24. The van der Waals surface area contributed by atoms with E-state index in [2.05, 4.69) is 4.18 Å². The lowest BCUT2D eigenvalue weighted by molar-refractivity contribution is -0.380. The molecule has 26 heavy (non-hydrogen) atoms. The molecule has 0 amide bonds. The van der Waals surface area contributed by atoms with Gasteiger partial charge in [-0.3, -0.25) is 4.55 Å². The molecule has 0 aromatic carbocycles. The molecule has 158 valence electrons. The second kappa shape index (κ2) is 15.8. The molecule has 0 rings (SSSR count). The van der Waals surface area contributed by atoms with Gasteiger partial charge in [0.2, 0.25) is 0 Å². The fraction of sp³-hybridized carbons (Fsp3) is 1.00. The minimum atomic E-state index is -4.28. The molecule has 0 atom stereocenters. The number of unbranched alkanes of at least 4 members (excludes halogenated alkanes) is 8. The summed E-state index contributed by atoms with van der Waals surface area (Å²) >= 11 is 0. The van der Waals surface area contributed by atoms with E-state index >= 15 is 0 Å². The Bertz CT molecular complexity index is 395. The molecule has 1 N–H and O–H groups in total. The van der Waals surface area contributed by atoms with Gasteiger partial charge in [0, 0.05) is 26.2 Å². The van der Waals surface area contributed by atoms with Crippen molar-refractivity contribution in [2.24, 2.45) is 0 Å². The molecule has 0 unspecified atom stereocenters. The van der Waals surface area contributed by atoms with Crippen molar-refractivity contribution in [2.75, 3.05) is 26.4 Å². The molecule has 0 aliphatic heterocycles. The van der Waals surface area contributed by atoms with E-state index < -0.39 is 16.4 Å². The SMILES string of the molecule is CCOC(CCCCCCCCCCCOS(=O)(=O)O)(OCC)OCC. The van der Waals surface area contributed by atoms with Gasteiger partial charge in [0.05, 0.1) is 6.61 Å². The maximum atomic E-state index is 10.4. The molecule has 0 radical (unpaired) electrons. The van der Waals surface area contributed by atoms with E-state index in [1.807, 2.05) is 20.8 Å². The zero-order chi connectivity index (χ0) is 19.7. The Morgan fingerprint density at radius 2 is 1.08 bits per heavy atom. The van der Waals surface area contributed by atoms with Gasteiger partial charge in [0.25, 0.3) is 5.97 Å². The number of rotatable bonds is 19. The summed E-state index contributed by atoms with van der Waals surface area (Å²) in [6.45, 7) is 7.59. The lowest BCUT2D eigenvalue weighted by atomic mass is 10.1. The first-order chi connectivity index (χ1) is 12.4. The Balaban J connectivity index is 3.64. The lowest BCUT2D eigenvalue weighted by Gasteiger charge is -2.32. The summed E-state index contributed by atoms with van der Waals surface area (Å²) in [5, 5.41) is 0. The lowest BCUT2D eigenvalue weighted by Crippen LogP contribution is -2.39. The highest BCUT2D eigenvalue weighted by molar-refractivity contribution is 7.80. The summed E-state index contributed by atoms with van der Waals surface area (Å²) in [6.07, 6.45) is 10.2. The molecule has 0 aliphatic rings. The number of hydrogen-bond donors (Lipinski definition) is 1. The molecule has 0 spiro atoms. The maximum Gasteiger partial charge on any atom is 0.397 e. The summed E-state index contributed by atoms with van der Waals surface area (Å²) in [7, 11) is -4.28. The van der Waals surface area contributed by atoms with Crippen molar-refractivity contribution in [1.29, 1.82) is 0 Å². The van der Waals surface area contributed by atoms with Gasteiger partial charge in [-0.15, -0.1) is 0 Å². The minimum absolute atomic E-state index is 0.0556. The van der Waals surface area contributed by atoms with Crippen LogP contribution in [0.2, 0.25) is 0 Å². The topological polar surface area (TPSA) is 91.3 Å². The van der Waals surface area contributed by atoms with Crippen LogP contribution in [-0.2, 0) is 28.8 Å². The quantitative estimate of drug-likeness (QED) is 0.195. The third kappa shape index (κ3) is 14.9. The van der Waals surface area contributed by atoms with Gasteiger partial charge in [-0.05, 0) is 33.6 Å². The van der Waals surface area contributed by atoms with Crippen molar-refractivity contribution in [1.82, 2.24) is 0 Å². The third-order valence-corrected chi connectivity index (χ3v) is 4.42. The smallest absolute Gasteiger partial charge is 0.328 e. The summed E-state index contributed by atoms with van der Waals surface area (Å²) < 4.78 is 50.6. The van der Waals surface area contributed by atoms with Crippen molar-refractivity contribution in [3.05, 3.63) is 0 Å². The monoisotopic (exact) mass is 398 g/mol. The molecule has 0 aromatic heterocycles. The molecule has 0 bridgehead atoms. The summed E-state index contributed by atoms with van der Waals surface area (Å²) in [4.78, 5) is 0. The Morgan fingerprint density at radius 3 is 1.46 bits per heavy atom. The summed E-state index contributed by atoms with van der Waals surface area (Å²) in [5.74, 6) is -0.887. The normalized spacial score (nSPS) is 12.6. The van der Waals surface area contributed by atoms with E-state index in [9.17, 15) is 8.42 Å². The van der Waals surface area contributed by atoms with Crippen molar-refractivity contribution in [2.45, 2.75) is 91.0 Å². The van der Waals surface area contributed by atoms with Gasteiger partial charge in [-0.1, -0.05) is 44.9 Å². The van der Waals surface area contributed by atoms with Crippen molar-refractivity contribution in [3.63, 3.8) is 0 Å². The largest absolute Gasteiger partial charge is 0.397 e. The molecule has 0 aromatic rings. The molecular formula is C18H38O7S. The summed E-state index contributed by atoms with van der Waals surface area (Å²) in [5.41, 5.74) is 0. The predicted octanol–water partition coefficient (Wildman–Crippen LogP) is 4.47. The van der Waals surface area contributed by atoms with E-state index in [0.29, 0.717) is 26.2 Å². The van der Waals surface area contributed by atoms with Gasteiger partial charge < -0.3 is 14.2 Å². The molecule has 0 heterocycles. The zero-order valence-corrected chi connectivity index (χ0v) is 17.5. The Hall–Kier alpha value is -0.250. The maximum absolute atomic E-state index is 10.4. The van der Waals surface area contributed by atoms with E-state index in [0.717, 1.165) is 38.5 Å². The molecule has 7 nitrogen and oxygen atoms in total. The van der Waals surface area contributed by atoms with Gasteiger partial charge in [0.1, 0.15) is 0 Å². The van der Waals surface area contributed by atoms with E-state index in [1.54, 1.807) is 0 Å². The van der Waals surface area contributed by atoms with Crippen LogP contribution in [-0.4, -0.2) is 45.4 Å². The highest BCUT2D eigenvalue weighted by atomic mass is 32.3. The van der Waals surface area contributed by atoms with Crippen LogP contribution < -0.4 is 0 Å². The van der Waals surface area contributed by atoms with E-state index in [-0.39, 0.29) is 6.61 Å². The highest BCUT2D eigenvalue weighted by Gasteiger charge is 2.31. The molecule has 8 heteroatoms. The predicted molar refractivity (Wildman–Crippen MR) is 101 cm³/mol. The van der Waals surface area contributed by atoms with Gasteiger partial charge in [-0.25, -0.2) is 4.18 Å². The second-order valence-corrected chi connectivity index (χ2v) is 7.25. The van der Waals surface area contributed by atoms with E-state index in [1.165, 1.54) is 19.3 Å². The van der Waals surface area contributed by atoms with Crippen molar-refractivity contribution >= 4 is 10.4 Å². The van der Waals surface area contributed by atoms with Crippen LogP contribution in [0.15, 0.2) is 0 Å². The van der Waals surface area contributed by atoms with Crippen LogP contribution in [0.1, 0.15) is 85.0 Å². The van der Waals surface area contributed by atoms with Crippen LogP contribution in [0.25, 0.3) is 0 Å². The molecule has 0 saturated carbocycles. The van der Waals surface area contributed by atoms with Gasteiger partial charge in [-0.2, -0.15) is 8.42 Å². The standard InChI is InChI=1S/C18H38O7S/c1-4-22-18(23-5-2,24-6-3)16-14-12-10-8-7-9-11-13-15-17-25-26(19,20)21/h4-17H2,1-3H3,(H,19,20,21). The molecular weight excluding hydrogens is 360 g/mol. The summed E-state index contributed by atoms with van der Waals surface area (Å²) in [6, 6.07) is 0. The average molecular weight is 399 g/mol.